The van der Waals surface area contributed by atoms with Crippen LogP contribution in [0.4, 0.5) is 0 Å². The summed E-state index contributed by atoms with van der Waals surface area (Å²) in [6.07, 6.45) is 12.9. The number of carbonyl (C=O) groups excluding carboxylic acids is 1. The van der Waals surface area contributed by atoms with Gasteiger partial charge in [0.2, 0.25) is 0 Å². The van der Waals surface area contributed by atoms with Gasteiger partial charge in [-0.25, -0.2) is 4.79 Å². The molecule has 0 heterocycles. The summed E-state index contributed by atoms with van der Waals surface area (Å²) < 4.78 is 5.94. The number of hydrogen-bond acceptors (Lipinski definition) is 2. The van der Waals surface area contributed by atoms with E-state index in [1.165, 1.54) is 51.4 Å². The standard InChI is InChI=1S/C26H34O2/c1-25-14-6-9-22(25)21-11-10-19-17-20(12-16-26(19,2)23(21)13-15-25)28-24(27)18-7-4-3-5-8-18/h3-5,7-8,19-20,23H,6,9-17H2,1-2H3/t19?,20?,23-,25-,26-/m0/s1. The van der Waals surface area contributed by atoms with Gasteiger partial charge in [-0.1, -0.05) is 43.2 Å². The number of benzene rings is 1. The lowest BCUT2D eigenvalue weighted by Crippen LogP contribution is -2.48. The van der Waals surface area contributed by atoms with Gasteiger partial charge in [-0.05, 0) is 99.0 Å². The van der Waals surface area contributed by atoms with Gasteiger partial charge in [0.15, 0.2) is 0 Å². The number of ether oxygens (including phenoxy) is 1. The Balaban J connectivity index is 1.32. The number of allylic oxidation sites excluding steroid dienone is 2. The predicted molar refractivity (Wildman–Crippen MR) is 112 cm³/mol. The normalized spacial score (nSPS) is 39.7. The van der Waals surface area contributed by atoms with Gasteiger partial charge in [-0.2, -0.15) is 0 Å². The first-order chi connectivity index (χ1) is 13.5. The van der Waals surface area contributed by atoms with Crippen molar-refractivity contribution in [3.8, 4) is 0 Å². The summed E-state index contributed by atoms with van der Waals surface area (Å²) in [5.74, 6) is 1.35. The molecule has 0 spiro atoms. The Kier molecular flexibility index (Phi) is 4.45. The van der Waals surface area contributed by atoms with Crippen LogP contribution in [0.5, 0.6) is 0 Å². The van der Waals surface area contributed by atoms with Crippen LogP contribution in [0.3, 0.4) is 0 Å². The molecule has 1 aromatic carbocycles. The van der Waals surface area contributed by atoms with Gasteiger partial charge in [0.05, 0.1) is 5.56 Å². The Labute approximate surface area is 169 Å². The second kappa shape index (κ2) is 6.75. The Hall–Kier alpha value is -1.57. The van der Waals surface area contributed by atoms with Gasteiger partial charge < -0.3 is 4.74 Å². The van der Waals surface area contributed by atoms with E-state index in [1.54, 1.807) is 0 Å². The Morgan fingerprint density at radius 1 is 1.00 bits per heavy atom. The summed E-state index contributed by atoms with van der Waals surface area (Å²) >= 11 is 0. The third kappa shape index (κ3) is 2.86. The van der Waals surface area contributed by atoms with Crippen LogP contribution in [-0.4, -0.2) is 12.1 Å². The Morgan fingerprint density at radius 2 is 1.82 bits per heavy atom. The summed E-state index contributed by atoms with van der Waals surface area (Å²) in [7, 11) is 0. The molecular formula is C26H34O2. The highest BCUT2D eigenvalue weighted by molar-refractivity contribution is 5.89. The summed E-state index contributed by atoms with van der Waals surface area (Å²) in [5, 5.41) is 0. The van der Waals surface area contributed by atoms with Gasteiger partial charge in [-0.3, -0.25) is 0 Å². The van der Waals surface area contributed by atoms with Gasteiger partial charge in [0.1, 0.15) is 6.10 Å². The van der Waals surface area contributed by atoms with E-state index in [9.17, 15) is 4.79 Å². The highest BCUT2D eigenvalue weighted by Gasteiger charge is 2.53. The van der Waals surface area contributed by atoms with E-state index in [0.29, 0.717) is 22.3 Å². The molecule has 0 N–H and O–H groups in total. The predicted octanol–water partition coefficient (Wildman–Crippen LogP) is 6.71. The van der Waals surface area contributed by atoms with Crippen molar-refractivity contribution in [1.29, 1.82) is 0 Å². The molecule has 0 saturated heterocycles. The third-order valence-corrected chi connectivity index (χ3v) is 9.00. The van der Waals surface area contributed by atoms with E-state index in [0.717, 1.165) is 18.8 Å². The van der Waals surface area contributed by atoms with Crippen molar-refractivity contribution in [3.63, 3.8) is 0 Å². The minimum atomic E-state index is -0.146. The van der Waals surface area contributed by atoms with Crippen molar-refractivity contribution in [1.82, 2.24) is 0 Å². The molecule has 28 heavy (non-hydrogen) atoms. The van der Waals surface area contributed by atoms with Crippen molar-refractivity contribution in [3.05, 3.63) is 47.0 Å². The molecule has 0 radical (unpaired) electrons. The molecule has 1 aromatic rings. The quantitative estimate of drug-likeness (QED) is 0.422. The number of esters is 1. The first-order valence-corrected chi connectivity index (χ1v) is 11.5. The second-order valence-corrected chi connectivity index (χ2v) is 10.4. The molecule has 0 aliphatic heterocycles. The second-order valence-electron chi connectivity index (χ2n) is 10.4. The molecule has 2 unspecified atom stereocenters. The lowest BCUT2D eigenvalue weighted by Gasteiger charge is -2.56. The monoisotopic (exact) mass is 378 g/mol. The summed E-state index contributed by atoms with van der Waals surface area (Å²) in [4.78, 5) is 12.5. The molecule has 5 rings (SSSR count). The van der Waals surface area contributed by atoms with Crippen LogP contribution in [-0.2, 0) is 4.74 Å². The topological polar surface area (TPSA) is 26.3 Å². The van der Waals surface area contributed by atoms with Crippen LogP contribution in [0, 0.1) is 22.7 Å². The van der Waals surface area contributed by atoms with Crippen LogP contribution >= 0.6 is 0 Å². The SMILES string of the molecule is C[C@@]12CCCC1=C1CCC3CC(OC(=O)c4ccccc4)CC[C@]3(C)[C@H]1CC2. The molecule has 5 atom stereocenters. The fourth-order valence-electron chi connectivity index (χ4n) is 7.35. The Morgan fingerprint density at radius 3 is 2.64 bits per heavy atom. The molecule has 4 aliphatic rings. The van der Waals surface area contributed by atoms with Crippen molar-refractivity contribution in [2.45, 2.75) is 84.2 Å². The van der Waals surface area contributed by atoms with Crippen LogP contribution < -0.4 is 0 Å². The maximum absolute atomic E-state index is 12.5. The van der Waals surface area contributed by atoms with Crippen LogP contribution in [0.15, 0.2) is 41.5 Å². The van der Waals surface area contributed by atoms with E-state index >= 15 is 0 Å². The van der Waals surface area contributed by atoms with E-state index < -0.39 is 0 Å². The van der Waals surface area contributed by atoms with Gasteiger partial charge >= 0.3 is 5.97 Å². The van der Waals surface area contributed by atoms with E-state index in [4.69, 9.17) is 4.74 Å². The first kappa shape index (κ1) is 18.5. The van der Waals surface area contributed by atoms with E-state index in [2.05, 4.69) is 13.8 Å². The van der Waals surface area contributed by atoms with Gasteiger partial charge in [0, 0.05) is 0 Å². The molecule has 2 nitrogen and oxygen atoms in total. The largest absolute Gasteiger partial charge is 0.459 e. The molecule has 3 fully saturated rings. The van der Waals surface area contributed by atoms with Crippen LogP contribution in [0.1, 0.15) is 88.4 Å². The van der Waals surface area contributed by atoms with Crippen molar-refractivity contribution in [2.75, 3.05) is 0 Å². The molecule has 4 aliphatic carbocycles. The zero-order valence-electron chi connectivity index (χ0n) is 17.5. The van der Waals surface area contributed by atoms with E-state index in [-0.39, 0.29) is 12.1 Å². The lowest BCUT2D eigenvalue weighted by atomic mass is 9.49. The average Bonchev–Trinajstić information content (AvgIpc) is 3.11. The number of fused-ring (bicyclic) bond motifs is 4. The maximum atomic E-state index is 12.5. The zero-order chi connectivity index (χ0) is 19.4. The van der Waals surface area contributed by atoms with Crippen molar-refractivity contribution >= 4 is 5.97 Å². The third-order valence-electron chi connectivity index (χ3n) is 9.00. The fourth-order valence-corrected chi connectivity index (χ4v) is 7.35. The smallest absolute Gasteiger partial charge is 0.338 e. The minimum absolute atomic E-state index is 0.0975. The molecule has 150 valence electrons. The Bertz CT molecular complexity index is 794. The highest BCUT2D eigenvalue weighted by Crippen LogP contribution is 2.63. The number of hydrogen-bond donors (Lipinski definition) is 0. The zero-order valence-corrected chi connectivity index (χ0v) is 17.5. The summed E-state index contributed by atoms with van der Waals surface area (Å²) in [6.45, 7) is 5.10. The lowest BCUT2D eigenvalue weighted by molar-refractivity contribution is -0.0483. The van der Waals surface area contributed by atoms with Crippen LogP contribution in [0.2, 0.25) is 0 Å². The highest BCUT2D eigenvalue weighted by atomic mass is 16.5. The summed E-state index contributed by atoms with van der Waals surface area (Å²) in [6, 6.07) is 9.47. The number of carbonyl (C=O) groups is 1. The van der Waals surface area contributed by atoms with Gasteiger partial charge in [-0.15, -0.1) is 0 Å². The summed E-state index contributed by atoms with van der Waals surface area (Å²) in [5.41, 5.74) is 5.35. The van der Waals surface area contributed by atoms with Crippen LogP contribution in [0.25, 0.3) is 0 Å². The first-order valence-electron chi connectivity index (χ1n) is 11.5. The number of rotatable bonds is 2. The van der Waals surface area contributed by atoms with Gasteiger partial charge in [0.25, 0.3) is 0 Å². The molecule has 2 heteroatoms. The van der Waals surface area contributed by atoms with E-state index in [1.807, 2.05) is 41.5 Å². The minimum Gasteiger partial charge on any atom is -0.459 e. The fraction of sp³-hybridized carbons (Fsp3) is 0.654. The molecule has 0 bridgehead atoms. The average molecular weight is 379 g/mol. The maximum Gasteiger partial charge on any atom is 0.338 e. The van der Waals surface area contributed by atoms with Crippen molar-refractivity contribution < 1.29 is 9.53 Å². The molecule has 0 amide bonds. The molecule has 0 aromatic heterocycles. The molecular weight excluding hydrogens is 344 g/mol. The van der Waals surface area contributed by atoms with Crippen molar-refractivity contribution in [2.24, 2.45) is 22.7 Å². The molecule has 3 saturated carbocycles.